The maximum atomic E-state index is 13.5. The molecule has 0 bridgehead atoms. The number of nitrogens with zero attached hydrogens (tertiary/aromatic N) is 5. The van der Waals surface area contributed by atoms with Crippen molar-refractivity contribution in [2.75, 3.05) is 47.4 Å². The van der Waals surface area contributed by atoms with Gasteiger partial charge in [-0.05, 0) is 51.8 Å². The first-order chi connectivity index (χ1) is 16.3. The Labute approximate surface area is 202 Å². The molecule has 0 aliphatic carbocycles. The summed E-state index contributed by atoms with van der Waals surface area (Å²) in [6.07, 6.45) is 5.04. The molecule has 1 N–H and O–H groups in total. The van der Waals surface area contributed by atoms with Crippen molar-refractivity contribution in [1.29, 1.82) is 0 Å². The Hall–Kier alpha value is -2.99. The first-order valence-corrected chi connectivity index (χ1v) is 11.6. The lowest BCUT2D eigenvalue weighted by Gasteiger charge is -2.37. The summed E-state index contributed by atoms with van der Waals surface area (Å²) in [5.74, 6) is 6.31. The molecule has 0 spiro atoms. The molecule has 3 rings (SSSR count). The summed E-state index contributed by atoms with van der Waals surface area (Å²) in [5, 5.41) is 9.82. The summed E-state index contributed by atoms with van der Waals surface area (Å²) in [4.78, 5) is 27.9. The molecule has 1 aliphatic heterocycles. The van der Waals surface area contributed by atoms with Gasteiger partial charge in [0.25, 0.3) is 5.91 Å². The summed E-state index contributed by atoms with van der Waals surface area (Å²) in [5.41, 5.74) is 2.21. The average Bonchev–Trinajstić information content (AvgIpc) is 2.81. The van der Waals surface area contributed by atoms with Gasteiger partial charge in [-0.25, -0.2) is 4.98 Å². The van der Waals surface area contributed by atoms with E-state index in [1.807, 2.05) is 45.1 Å². The van der Waals surface area contributed by atoms with Crippen LogP contribution >= 0.6 is 0 Å². The highest BCUT2D eigenvalue weighted by Crippen LogP contribution is 2.27. The zero-order chi connectivity index (χ0) is 24.7. The van der Waals surface area contributed by atoms with Crippen LogP contribution in [-0.2, 0) is 6.54 Å². The van der Waals surface area contributed by atoms with E-state index >= 15 is 0 Å². The van der Waals surface area contributed by atoms with Crippen LogP contribution in [0.1, 0.15) is 35.3 Å². The van der Waals surface area contributed by atoms with E-state index in [1.54, 1.807) is 29.6 Å². The smallest absolute Gasteiger partial charge is 0.259 e. The van der Waals surface area contributed by atoms with E-state index in [0.29, 0.717) is 36.6 Å². The Bertz CT molecular complexity index is 1020. The van der Waals surface area contributed by atoms with Crippen LogP contribution in [0.4, 0.5) is 0 Å². The number of carbonyl (C=O) groups excluding carboxylic acids is 1. The zero-order valence-electron chi connectivity index (χ0n) is 20.7. The summed E-state index contributed by atoms with van der Waals surface area (Å²) >= 11 is 0. The predicted octanol–water partition coefficient (Wildman–Crippen LogP) is 1.74. The molecule has 0 saturated heterocycles. The highest BCUT2D eigenvalue weighted by molar-refractivity contribution is 5.97. The molecule has 2 aromatic rings. The van der Waals surface area contributed by atoms with Crippen molar-refractivity contribution in [2.24, 2.45) is 5.92 Å². The van der Waals surface area contributed by atoms with Crippen molar-refractivity contribution in [2.45, 2.75) is 32.5 Å². The minimum atomic E-state index is -0.320. The molecule has 0 fully saturated rings. The van der Waals surface area contributed by atoms with Crippen LogP contribution in [-0.4, -0.2) is 95.2 Å². The van der Waals surface area contributed by atoms with E-state index < -0.39 is 0 Å². The first kappa shape index (κ1) is 25.6. The molecule has 8 heteroatoms. The monoisotopic (exact) mass is 465 g/mol. The number of likely N-dealkylation sites (N-methyl/N-ethyl adjacent to an activating group) is 1. The number of carbonyl (C=O) groups is 1. The van der Waals surface area contributed by atoms with E-state index in [4.69, 9.17) is 4.74 Å². The van der Waals surface area contributed by atoms with Gasteiger partial charge in [-0.1, -0.05) is 18.8 Å². The molecular formula is C26H35N5O3. The van der Waals surface area contributed by atoms with Gasteiger partial charge in [-0.3, -0.25) is 19.6 Å². The number of hydrogen-bond acceptors (Lipinski definition) is 7. The standard InChI is InChI=1S/C26H35N5O3/c1-19-15-31(20(2)18-32)26(33)23-13-22(7-6-12-29(3)4)14-28-25(23)34-24(19)17-30(5)16-21-8-10-27-11-9-21/h8-11,13-14,19-20,24,32H,12,15-18H2,1-5H3/t19-,20-,24-/m1/s1. The van der Waals surface area contributed by atoms with Gasteiger partial charge in [0.15, 0.2) is 0 Å². The first-order valence-electron chi connectivity index (χ1n) is 11.6. The van der Waals surface area contributed by atoms with Crippen LogP contribution in [0.5, 0.6) is 5.88 Å². The molecule has 2 aromatic heterocycles. The van der Waals surface area contributed by atoms with Gasteiger partial charge in [0.1, 0.15) is 11.7 Å². The summed E-state index contributed by atoms with van der Waals surface area (Å²) in [7, 11) is 5.95. The molecule has 182 valence electrons. The maximum absolute atomic E-state index is 13.5. The van der Waals surface area contributed by atoms with Gasteiger partial charge < -0.3 is 14.7 Å². The highest BCUT2D eigenvalue weighted by atomic mass is 16.5. The number of pyridine rings is 2. The maximum Gasteiger partial charge on any atom is 0.259 e. The van der Waals surface area contributed by atoms with Crippen LogP contribution in [0.2, 0.25) is 0 Å². The van der Waals surface area contributed by atoms with Gasteiger partial charge in [-0.2, -0.15) is 0 Å². The molecule has 0 saturated carbocycles. The number of hydrogen-bond donors (Lipinski definition) is 1. The lowest BCUT2D eigenvalue weighted by Crippen LogP contribution is -2.49. The normalized spacial score (nSPS) is 19.1. The molecule has 3 heterocycles. The Balaban J connectivity index is 1.89. The molecule has 0 aromatic carbocycles. The molecule has 1 amide bonds. The fraction of sp³-hybridized carbons (Fsp3) is 0.500. The van der Waals surface area contributed by atoms with Gasteiger partial charge >= 0.3 is 0 Å². The van der Waals surface area contributed by atoms with E-state index in [9.17, 15) is 9.90 Å². The average molecular weight is 466 g/mol. The molecule has 34 heavy (non-hydrogen) atoms. The molecule has 1 aliphatic rings. The van der Waals surface area contributed by atoms with Crippen LogP contribution in [0.15, 0.2) is 36.8 Å². The number of aromatic nitrogens is 2. The third-order valence-corrected chi connectivity index (χ3v) is 5.84. The van der Waals surface area contributed by atoms with E-state index in [2.05, 4.69) is 33.6 Å². The second-order valence-corrected chi connectivity index (χ2v) is 9.29. The number of aliphatic hydroxyl groups is 1. The molecule has 0 radical (unpaired) electrons. The number of ether oxygens (including phenoxy) is 1. The summed E-state index contributed by atoms with van der Waals surface area (Å²) in [6, 6.07) is 5.42. The van der Waals surface area contributed by atoms with Crippen LogP contribution < -0.4 is 4.74 Å². The summed E-state index contributed by atoms with van der Waals surface area (Å²) in [6.45, 7) is 6.31. The fourth-order valence-electron chi connectivity index (χ4n) is 3.86. The second kappa shape index (κ2) is 11.9. The number of rotatable bonds is 7. The second-order valence-electron chi connectivity index (χ2n) is 9.29. The van der Waals surface area contributed by atoms with Crippen molar-refractivity contribution >= 4 is 5.91 Å². The summed E-state index contributed by atoms with van der Waals surface area (Å²) < 4.78 is 6.36. The quantitative estimate of drug-likeness (QED) is 0.624. The molecular weight excluding hydrogens is 430 g/mol. The Morgan fingerprint density at radius 2 is 2.03 bits per heavy atom. The van der Waals surface area contributed by atoms with Gasteiger partial charge in [0.05, 0.1) is 19.2 Å². The van der Waals surface area contributed by atoms with Crippen LogP contribution in [0, 0.1) is 17.8 Å². The number of aliphatic hydroxyl groups excluding tert-OH is 1. The molecule has 8 nitrogen and oxygen atoms in total. The van der Waals surface area contributed by atoms with Crippen molar-refractivity contribution < 1.29 is 14.6 Å². The van der Waals surface area contributed by atoms with Crippen molar-refractivity contribution in [3.8, 4) is 17.7 Å². The minimum Gasteiger partial charge on any atom is -0.472 e. The SMILES string of the molecule is C[C@@H]1CN([C@H](C)CO)C(=O)c2cc(C#CCN(C)C)cnc2O[C@@H]1CN(C)Cc1ccncc1. The highest BCUT2D eigenvalue weighted by Gasteiger charge is 2.34. The zero-order valence-corrected chi connectivity index (χ0v) is 20.7. The third-order valence-electron chi connectivity index (χ3n) is 5.84. The van der Waals surface area contributed by atoms with Gasteiger partial charge in [-0.15, -0.1) is 0 Å². The van der Waals surface area contributed by atoms with Crippen molar-refractivity contribution in [3.05, 3.63) is 53.5 Å². The molecule has 3 atom stereocenters. The van der Waals surface area contributed by atoms with Crippen LogP contribution in [0.25, 0.3) is 0 Å². The topological polar surface area (TPSA) is 82.0 Å². The van der Waals surface area contributed by atoms with Gasteiger partial charge in [0.2, 0.25) is 5.88 Å². The third kappa shape index (κ3) is 6.76. The van der Waals surface area contributed by atoms with Gasteiger partial charge in [0, 0.05) is 49.7 Å². The van der Waals surface area contributed by atoms with E-state index in [-0.39, 0.29) is 30.6 Å². The predicted molar refractivity (Wildman–Crippen MR) is 131 cm³/mol. The Morgan fingerprint density at radius 3 is 2.71 bits per heavy atom. The van der Waals surface area contributed by atoms with Crippen LogP contribution in [0.3, 0.4) is 0 Å². The number of fused-ring (bicyclic) bond motifs is 1. The van der Waals surface area contributed by atoms with Crippen molar-refractivity contribution in [3.63, 3.8) is 0 Å². The fourth-order valence-corrected chi connectivity index (χ4v) is 3.86. The largest absolute Gasteiger partial charge is 0.472 e. The lowest BCUT2D eigenvalue weighted by molar-refractivity contribution is 0.0325. The Kier molecular flexibility index (Phi) is 8.99. The van der Waals surface area contributed by atoms with E-state index in [1.165, 1.54) is 5.56 Å². The lowest BCUT2D eigenvalue weighted by atomic mass is 9.99. The number of amides is 1. The van der Waals surface area contributed by atoms with Crippen molar-refractivity contribution in [1.82, 2.24) is 24.7 Å². The van der Waals surface area contributed by atoms with E-state index in [0.717, 1.165) is 6.54 Å². The Morgan fingerprint density at radius 1 is 1.29 bits per heavy atom. The minimum absolute atomic E-state index is 0.0346. The molecule has 0 unspecified atom stereocenters.